The van der Waals surface area contributed by atoms with Crippen molar-refractivity contribution in [3.63, 3.8) is 0 Å². The van der Waals surface area contributed by atoms with Crippen LogP contribution in [0.1, 0.15) is 20.8 Å². The topological polar surface area (TPSA) is 98.7 Å². The van der Waals surface area contributed by atoms with E-state index in [1.54, 1.807) is 14.0 Å². The second-order valence-corrected chi connectivity index (χ2v) is 5.24. The number of nitrogens with one attached hydrogen (secondary N) is 2. The number of nitrogens with zero attached hydrogens (tertiary/aromatic N) is 1. The number of hydrogen-bond donors (Lipinski definition) is 3. The van der Waals surface area contributed by atoms with Crippen molar-refractivity contribution < 1.29 is 19.5 Å². The molecule has 0 saturated heterocycles. The van der Waals surface area contributed by atoms with E-state index in [-0.39, 0.29) is 24.9 Å². The van der Waals surface area contributed by atoms with Gasteiger partial charge in [0, 0.05) is 27.2 Å². The Balaban J connectivity index is 4.29. The number of urea groups is 1. The second kappa shape index (κ2) is 6.96. The molecule has 0 aromatic heterocycles. The van der Waals surface area contributed by atoms with Gasteiger partial charge in [-0.2, -0.15) is 0 Å². The maximum Gasteiger partial charge on any atom is 0.317 e. The van der Waals surface area contributed by atoms with E-state index >= 15 is 0 Å². The van der Waals surface area contributed by atoms with Crippen molar-refractivity contribution in [1.29, 1.82) is 0 Å². The Kier molecular flexibility index (Phi) is 6.31. The highest BCUT2D eigenvalue weighted by Gasteiger charge is 2.28. The van der Waals surface area contributed by atoms with Crippen LogP contribution < -0.4 is 10.6 Å². The van der Waals surface area contributed by atoms with Gasteiger partial charge in [-0.15, -0.1) is 0 Å². The van der Waals surface area contributed by atoms with Gasteiger partial charge < -0.3 is 20.6 Å². The standard InChI is InChI=1S/C12H23N3O4/c1-8(9(16)13-4)6-15(5)11(19)14-7-12(2,3)10(17)18/h8H,6-7H2,1-5H3,(H,13,16)(H,14,19)(H,17,18). The molecular weight excluding hydrogens is 250 g/mol. The molecule has 0 aromatic rings. The maximum absolute atomic E-state index is 11.7. The highest BCUT2D eigenvalue weighted by Crippen LogP contribution is 2.13. The lowest BCUT2D eigenvalue weighted by atomic mass is 9.94. The van der Waals surface area contributed by atoms with Crippen LogP contribution in [0.25, 0.3) is 0 Å². The van der Waals surface area contributed by atoms with Crippen LogP contribution in [0.5, 0.6) is 0 Å². The minimum Gasteiger partial charge on any atom is -0.481 e. The molecule has 0 spiro atoms. The number of hydrogen-bond acceptors (Lipinski definition) is 3. The molecule has 110 valence electrons. The smallest absolute Gasteiger partial charge is 0.317 e. The van der Waals surface area contributed by atoms with E-state index < -0.39 is 17.4 Å². The molecule has 0 aromatic carbocycles. The second-order valence-electron chi connectivity index (χ2n) is 5.24. The zero-order valence-corrected chi connectivity index (χ0v) is 12.1. The first-order valence-electron chi connectivity index (χ1n) is 6.05. The lowest BCUT2D eigenvalue weighted by Gasteiger charge is -2.24. The third-order valence-electron chi connectivity index (χ3n) is 2.85. The van der Waals surface area contributed by atoms with Crippen molar-refractivity contribution in [1.82, 2.24) is 15.5 Å². The van der Waals surface area contributed by atoms with Crippen molar-refractivity contribution in [3.8, 4) is 0 Å². The Morgan fingerprint density at radius 2 is 1.84 bits per heavy atom. The first-order valence-corrected chi connectivity index (χ1v) is 6.05. The lowest BCUT2D eigenvalue weighted by Crippen LogP contribution is -2.46. The predicted molar refractivity (Wildman–Crippen MR) is 70.7 cm³/mol. The fraction of sp³-hybridized carbons (Fsp3) is 0.750. The summed E-state index contributed by atoms with van der Waals surface area (Å²) in [6.45, 7) is 5.06. The van der Waals surface area contributed by atoms with Crippen molar-refractivity contribution in [2.24, 2.45) is 11.3 Å². The number of carbonyl (C=O) groups is 3. The fourth-order valence-electron chi connectivity index (χ4n) is 1.33. The molecule has 7 nitrogen and oxygen atoms in total. The van der Waals surface area contributed by atoms with Crippen molar-refractivity contribution in [2.75, 3.05) is 27.2 Å². The van der Waals surface area contributed by atoms with Gasteiger partial charge in [0.15, 0.2) is 0 Å². The first-order chi connectivity index (χ1) is 8.61. The summed E-state index contributed by atoms with van der Waals surface area (Å²) in [5.74, 6) is -1.45. The quantitative estimate of drug-likeness (QED) is 0.640. The molecule has 1 unspecified atom stereocenters. The lowest BCUT2D eigenvalue weighted by molar-refractivity contribution is -0.146. The molecule has 0 fully saturated rings. The summed E-state index contributed by atoms with van der Waals surface area (Å²) in [6, 6.07) is -0.398. The molecule has 0 heterocycles. The maximum atomic E-state index is 11.7. The highest BCUT2D eigenvalue weighted by molar-refractivity contribution is 5.80. The summed E-state index contributed by atoms with van der Waals surface area (Å²) in [5.41, 5.74) is -1.02. The fourth-order valence-corrected chi connectivity index (χ4v) is 1.33. The zero-order valence-electron chi connectivity index (χ0n) is 12.1. The van der Waals surface area contributed by atoms with Crippen molar-refractivity contribution >= 4 is 17.9 Å². The number of aliphatic carboxylic acids is 1. The predicted octanol–water partition coefficient (Wildman–Crippen LogP) is 0.121. The van der Waals surface area contributed by atoms with Gasteiger partial charge in [0.2, 0.25) is 5.91 Å². The van der Waals surface area contributed by atoms with Crippen molar-refractivity contribution in [3.05, 3.63) is 0 Å². The van der Waals surface area contributed by atoms with E-state index in [0.29, 0.717) is 0 Å². The molecule has 0 bridgehead atoms. The van der Waals surface area contributed by atoms with Gasteiger partial charge in [-0.25, -0.2) is 4.79 Å². The van der Waals surface area contributed by atoms with Crippen LogP contribution in [-0.2, 0) is 9.59 Å². The average molecular weight is 273 g/mol. The molecule has 7 heteroatoms. The van der Waals surface area contributed by atoms with E-state index in [0.717, 1.165) is 0 Å². The van der Waals surface area contributed by atoms with Crippen LogP contribution in [0.4, 0.5) is 4.79 Å². The van der Waals surface area contributed by atoms with Gasteiger partial charge in [-0.1, -0.05) is 6.92 Å². The van der Waals surface area contributed by atoms with E-state index in [1.807, 2.05) is 0 Å². The zero-order chi connectivity index (χ0) is 15.2. The molecule has 0 aliphatic carbocycles. The molecule has 3 amide bonds. The Morgan fingerprint density at radius 1 is 1.32 bits per heavy atom. The van der Waals surface area contributed by atoms with Crippen LogP contribution >= 0.6 is 0 Å². The van der Waals surface area contributed by atoms with Crippen LogP contribution in [-0.4, -0.2) is 55.1 Å². The average Bonchev–Trinajstić information content (AvgIpc) is 2.34. The molecular formula is C12H23N3O4. The molecule has 0 rings (SSSR count). The third-order valence-corrected chi connectivity index (χ3v) is 2.85. The summed E-state index contributed by atoms with van der Waals surface area (Å²) in [7, 11) is 3.09. The molecule has 0 saturated carbocycles. The number of amides is 3. The normalized spacial score (nSPS) is 12.5. The summed E-state index contributed by atoms with van der Waals surface area (Å²) < 4.78 is 0. The Morgan fingerprint density at radius 3 is 2.26 bits per heavy atom. The number of carboxylic acids is 1. The Bertz CT molecular complexity index is 355. The van der Waals surface area contributed by atoms with E-state index in [2.05, 4.69) is 10.6 Å². The van der Waals surface area contributed by atoms with E-state index in [1.165, 1.54) is 25.8 Å². The number of carbonyl (C=O) groups excluding carboxylic acids is 2. The van der Waals surface area contributed by atoms with Gasteiger partial charge in [-0.3, -0.25) is 9.59 Å². The Labute approximate surface area is 113 Å². The molecule has 3 N–H and O–H groups in total. The van der Waals surface area contributed by atoms with Gasteiger partial charge in [0.1, 0.15) is 0 Å². The van der Waals surface area contributed by atoms with Gasteiger partial charge in [0.25, 0.3) is 0 Å². The van der Waals surface area contributed by atoms with Gasteiger partial charge in [0.05, 0.1) is 11.3 Å². The molecule has 1 atom stereocenters. The van der Waals surface area contributed by atoms with Crippen LogP contribution in [0.3, 0.4) is 0 Å². The third kappa shape index (κ3) is 5.58. The summed E-state index contributed by atoms with van der Waals surface area (Å²) in [5, 5.41) is 14.0. The number of carboxylic acid groups (broad SMARTS) is 1. The Hall–Kier alpha value is -1.79. The van der Waals surface area contributed by atoms with Gasteiger partial charge in [-0.05, 0) is 13.8 Å². The highest BCUT2D eigenvalue weighted by atomic mass is 16.4. The van der Waals surface area contributed by atoms with E-state index in [4.69, 9.17) is 5.11 Å². The van der Waals surface area contributed by atoms with Crippen LogP contribution in [0.15, 0.2) is 0 Å². The van der Waals surface area contributed by atoms with Crippen LogP contribution in [0, 0.1) is 11.3 Å². The minimum absolute atomic E-state index is 0.0276. The van der Waals surface area contributed by atoms with Gasteiger partial charge >= 0.3 is 12.0 Å². The molecule has 0 radical (unpaired) electrons. The SMILES string of the molecule is CNC(=O)C(C)CN(C)C(=O)NCC(C)(C)C(=O)O. The summed E-state index contributed by atoms with van der Waals surface area (Å²) >= 11 is 0. The summed E-state index contributed by atoms with van der Waals surface area (Å²) in [4.78, 5) is 35.3. The largest absolute Gasteiger partial charge is 0.481 e. The molecule has 0 aliphatic heterocycles. The number of rotatable bonds is 6. The summed E-state index contributed by atoms with van der Waals surface area (Å²) in [6.07, 6.45) is 0. The van der Waals surface area contributed by atoms with E-state index in [9.17, 15) is 14.4 Å². The molecule has 0 aliphatic rings. The first kappa shape index (κ1) is 17.2. The van der Waals surface area contributed by atoms with Crippen molar-refractivity contribution in [2.45, 2.75) is 20.8 Å². The minimum atomic E-state index is -1.02. The van der Waals surface area contributed by atoms with Crippen LogP contribution in [0.2, 0.25) is 0 Å². The monoisotopic (exact) mass is 273 g/mol. The molecule has 19 heavy (non-hydrogen) atoms.